The van der Waals surface area contributed by atoms with Gasteiger partial charge in [0.1, 0.15) is 11.6 Å². The van der Waals surface area contributed by atoms with Crippen molar-refractivity contribution >= 4 is 55.9 Å². The first-order valence-corrected chi connectivity index (χ1v) is 12.0. The Bertz CT molecular complexity index is 1360. The smallest absolute Gasteiger partial charge is 0.258 e. The van der Waals surface area contributed by atoms with E-state index in [0.717, 1.165) is 21.2 Å². The highest BCUT2D eigenvalue weighted by Gasteiger charge is 2.16. The molecule has 0 fully saturated rings. The van der Waals surface area contributed by atoms with Crippen LogP contribution in [-0.4, -0.2) is 27.6 Å². The van der Waals surface area contributed by atoms with Crippen LogP contribution in [0, 0.1) is 5.92 Å². The zero-order chi connectivity index (χ0) is 24.1. The van der Waals surface area contributed by atoms with Gasteiger partial charge < -0.3 is 10.1 Å². The first-order valence-electron chi connectivity index (χ1n) is 10.8. The number of thiocarbonyl (C=S) groups is 1. The van der Waals surface area contributed by atoms with Crippen LogP contribution in [0.15, 0.2) is 77.4 Å². The van der Waals surface area contributed by atoms with E-state index in [9.17, 15) is 4.79 Å². The van der Waals surface area contributed by atoms with E-state index in [-0.39, 0.29) is 11.0 Å². The van der Waals surface area contributed by atoms with Gasteiger partial charge >= 0.3 is 0 Å². The van der Waals surface area contributed by atoms with Gasteiger partial charge in [0, 0.05) is 21.6 Å². The summed E-state index contributed by atoms with van der Waals surface area (Å²) in [4.78, 5) is 22.2. The van der Waals surface area contributed by atoms with Crippen molar-refractivity contribution < 1.29 is 9.53 Å². The van der Waals surface area contributed by atoms with E-state index in [4.69, 9.17) is 21.9 Å². The number of carbonyl (C=O) groups excluding carboxylic acids is 1. The molecule has 2 aromatic carbocycles. The second-order valence-electron chi connectivity index (χ2n) is 8.07. The number of carbonyl (C=O) groups is 1. The highest BCUT2D eigenvalue weighted by molar-refractivity contribution is 9.10. The van der Waals surface area contributed by atoms with Gasteiger partial charge in [0.25, 0.3) is 5.91 Å². The third kappa shape index (κ3) is 5.95. The number of pyridine rings is 2. The maximum atomic E-state index is 13.2. The van der Waals surface area contributed by atoms with Gasteiger partial charge in [0.15, 0.2) is 5.11 Å². The van der Waals surface area contributed by atoms with E-state index in [0.29, 0.717) is 35.1 Å². The molecule has 0 aliphatic carbocycles. The third-order valence-corrected chi connectivity index (χ3v) is 5.56. The summed E-state index contributed by atoms with van der Waals surface area (Å²) in [5.74, 6) is 1.37. The van der Waals surface area contributed by atoms with Gasteiger partial charge in [0.2, 0.25) is 0 Å². The molecule has 0 spiro atoms. The predicted molar refractivity (Wildman–Crippen MR) is 143 cm³/mol. The number of hydrogen-bond donors (Lipinski definition) is 2. The van der Waals surface area contributed by atoms with Gasteiger partial charge in [-0.05, 0) is 54.5 Å². The number of nitrogens with one attached hydrogen (secondary N) is 2. The maximum absolute atomic E-state index is 13.2. The molecule has 0 atom stereocenters. The van der Waals surface area contributed by atoms with E-state index in [2.05, 4.69) is 45.4 Å². The molecule has 0 bridgehead atoms. The lowest BCUT2D eigenvalue weighted by atomic mass is 10.0. The number of anilines is 1. The zero-order valence-electron chi connectivity index (χ0n) is 18.7. The standard InChI is InChI=1S/C26H23BrN4O2S/c1-16(2)15-33-19-7-5-6-17(12-19)23-14-21(20-8-3-4-9-22(20)29-23)25(32)31-26(34)30-24-13-18(27)10-11-28-24/h3-14,16H,15H2,1-2H3,(H2,28,30,31,32,34). The number of rotatable bonds is 6. The molecule has 6 nitrogen and oxygen atoms in total. The van der Waals surface area contributed by atoms with E-state index in [1.165, 1.54) is 0 Å². The van der Waals surface area contributed by atoms with Crippen LogP contribution in [0.3, 0.4) is 0 Å². The molecule has 0 saturated carbocycles. The summed E-state index contributed by atoms with van der Waals surface area (Å²) in [6.45, 7) is 4.83. The largest absolute Gasteiger partial charge is 0.493 e. The van der Waals surface area contributed by atoms with E-state index < -0.39 is 0 Å². The van der Waals surface area contributed by atoms with Gasteiger partial charge in [-0.3, -0.25) is 10.1 Å². The fraction of sp³-hybridized carbons (Fsp3) is 0.154. The van der Waals surface area contributed by atoms with Crippen LogP contribution in [0.1, 0.15) is 24.2 Å². The van der Waals surface area contributed by atoms with Crippen molar-refractivity contribution in [2.45, 2.75) is 13.8 Å². The van der Waals surface area contributed by atoms with E-state index >= 15 is 0 Å². The number of halogens is 1. The molecule has 0 saturated heterocycles. The molecule has 4 rings (SSSR count). The Morgan fingerprint density at radius 2 is 1.91 bits per heavy atom. The van der Waals surface area contributed by atoms with Crippen molar-refractivity contribution in [2.75, 3.05) is 11.9 Å². The molecule has 1 amide bonds. The second-order valence-corrected chi connectivity index (χ2v) is 9.40. The fourth-order valence-electron chi connectivity index (χ4n) is 3.31. The minimum Gasteiger partial charge on any atom is -0.493 e. The number of nitrogens with zero attached hydrogens (tertiary/aromatic N) is 2. The zero-order valence-corrected chi connectivity index (χ0v) is 21.1. The Kier molecular flexibility index (Phi) is 7.49. The minimum absolute atomic E-state index is 0.155. The van der Waals surface area contributed by atoms with Crippen LogP contribution < -0.4 is 15.4 Å². The molecule has 34 heavy (non-hydrogen) atoms. The number of hydrogen-bond acceptors (Lipinski definition) is 5. The summed E-state index contributed by atoms with van der Waals surface area (Å²) >= 11 is 8.73. The van der Waals surface area contributed by atoms with E-state index in [1.807, 2.05) is 48.5 Å². The van der Waals surface area contributed by atoms with Crippen LogP contribution in [0.4, 0.5) is 5.82 Å². The number of aromatic nitrogens is 2. The van der Waals surface area contributed by atoms with Crippen molar-refractivity contribution in [3.8, 4) is 17.0 Å². The Labute approximate surface area is 211 Å². The second kappa shape index (κ2) is 10.7. The number of amides is 1. The first-order chi connectivity index (χ1) is 16.4. The molecule has 2 N–H and O–H groups in total. The highest BCUT2D eigenvalue weighted by Crippen LogP contribution is 2.27. The molecule has 4 aromatic rings. The van der Waals surface area contributed by atoms with Crippen LogP contribution in [0.25, 0.3) is 22.2 Å². The Morgan fingerprint density at radius 3 is 2.71 bits per heavy atom. The van der Waals surface area contributed by atoms with Gasteiger partial charge in [0.05, 0.1) is 23.4 Å². The molecule has 172 valence electrons. The molecular weight excluding hydrogens is 512 g/mol. The summed E-state index contributed by atoms with van der Waals surface area (Å²) in [7, 11) is 0. The average molecular weight is 535 g/mol. The number of benzene rings is 2. The molecular formula is C26H23BrN4O2S. The van der Waals surface area contributed by atoms with Crippen LogP contribution in [-0.2, 0) is 0 Å². The molecule has 8 heteroatoms. The van der Waals surface area contributed by atoms with Gasteiger partial charge in [-0.2, -0.15) is 0 Å². The van der Waals surface area contributed by atoms with Crippen molar-refractivity contribution in [2.24, 2.45) is 5.92 Å². The Morgan fingerprint density at radius 1 is 1.09 bits per heavy atom. The predicted octanol–water partition coefficient (Wildman–Crippen LogP) is 6.22. The quantitative estimate of drug-likeness (QED) is 0.286. The maximum Gasteiger partial charge on any atom is 0.258 e. The molecule has 0 aliphatic rings. The third-order valence-electron chi connectivity index (χ3n) is 4.86. The number of fused-ring (bicyclic) bond motifs is 1. The number of para-hydroxylation sites is 1. The lowest BCUT2D eigenvalue weighted by molar-refractivity contribution is 0.0979. The normalized spacial score (nSPS) is 10.8. The lowest BCUT2D eigenvalue weighted by Crippen LogP contribution is -2.34. The number of ether oxygens (including phenoxy) is 1. The topological polar surface area (TPSA) is 76.1 Å². The summed E-state index contributed by atoms with van der Waals surface area (Å²) in [6, 6.07) is 20.6. The van der Waals surface area contributed by atoms with Crippen LogP contribution >= 0.6 is 28.1 Å². The van der Waals surface area contributed by atoms with Gasteiger partial charge in [-0.1, -0.05) is 60.1 Å². The highest BCUT2D eigenvalue weighted by atomic mass is 79.9. The molecule has 0 radical (unpaired) electrons. The van der Waals surface area contributed by atoms with Crippen molar-refractivity contribution in [1.82, 2.24) is 15.3 Å². The Balaban J connectivity index is 1.63. The van der Waals surface area contributed by atoms with Crippen LogP contribution in [0.5, 0.6) is 5.75 Å². The van der Waals surface area contributed by atoms with Crippen molar-refractivity contribution in [3.05, 3.63) is 83.0 Å². The van der Waals surface area contributed by atoms with Crippen molar-refractivity contribution in [3.63, 3.8) is 0 Å². The average Bonchev–Trinajstić information content (AvgIpc) is 2.82. The minimum atomic E-state index is -0.334. The fourth-order valence-corrected chi connectivity index (χ4v) is 3.84. The van der Waals surface area contributed by atoms with Crippen LogP contribution in [0.2, 0.25) is 0 Å². The Hall–Kier alpha value is -3.36. The van der Waals surface area contributed by atoms with Crippen molar-refractivity contribution in [1.29, 1.82) is 0 Å². The SMILES string of the molecule is CC(C)COc1cccc(-c2cc(C(=O)NC(=S)Nc3cc(Br)ccn3)c3ccccc3n2)c1. The van der Waals surface area contributed by atoms with Gasteiger partial charge in [-0.15, -0.1) is 0 Å². The molecule has 0 unspecified atom stereocenters. The lowest BCUT2D eigenvalue weighted by Gasteiger charge is -2.13. The summed E-state index contributed by atoms with van der Waals surface area (Å²) in [5.41, 5.74) is 2.72. The molecule has 2 aromatic heterocycles. The molecule has 0 aliphatic heterocycles. The first kappa shape index (κ1) is 23.8. The monoisotopic (exact) mass is 534 g/mol. The summed E-state index contributed by atoms with van der Waals surface area (Å²) in [5, 5.41) is 6.58. The van der Waals surface area contributed by atoms with Gasteiger partial charge in [-0.25, -0.2) is 9.97 Å². The summed E-state index contributed by atoms with van der Waals surface area (Å²) < 4.78 is 6.72. The molecule has 2 heterocycles. The summed E-state index contributed by atoms with van der Waals surface area (Å²) in [6.07, 6.45) is 1.64. The van der Waals surface area contributed by atoms with E-state index in [1.54, 1.807) is 24.4 Å².